The molecular weight excluding hydrogens is 436 g/mol. The quantitative estimate of drug-likeness (QED) is 0.383. The highest BCUT2D eigenvalue weighted by Crippen LogP contribution is 2.27. The van der Waals surface area contributed by atoms with E-state index in [1.807, 2.05) is 45.5 Å². The van der Waals surface area contributed by atoms with Crippen LogP contribution in [0.5, 0.6) is 0 Å². The number of carbonyl (C=O) groups is 1. The molecule has 3 aromatic rings. The normalized spacial score (nSPS) is 14.5. The van der Waals surface area contributed by atoms with Crippen molar-refractivity contribution < 1.29 is 9.90 Å². The molecule has 0 atom stereocenters. The number of hydrogen-bond donors (Lipinski definition) is 1. The predicted molar refractivity (Wildman–Crippen MR) is 141 cm³/mol. The van der Waals surface area contributed by atoms with Gasteiger partial charge in [-0.25, -0.2) is 9.59 Å². The zero-order valence-corrected chi connectivity index (χ0v) is 21.3. The van der Waals surface area contributed by atoms with Crippen LogP contribution in [0.4, 0.5) is 0 Å². The Morgan fingerprint density at radius 2 is 1.69 bits per heavy atom. The molecule has 5 heteroatoms. The first kappa shape index (κ1) is 25.0. The van der Waals surface area contributed by atoms with Crippen LogP contribution in [0.3, 0.4) is 0 Å². The van der Waals surface area contributed by atoms with Gasteiger partial charge < -0.3 is 5.11 Å². The average molecular weight is 475 g/mol. The van der Waals surface area contributed by atoms with Crippen molar-refractivity contribution in [2.24, 2.45) is 11.8 Å². The lowest BCUT2D eigenvalue weighted by Gasteiger charge is -2.22. The second-order valence-corrected chi connectivity index (χ2v) is 10.5. The minimum atomic E-state index is -0.930. The number of hydrogen-bond acceptors (Lipinski definition) is 2. The van der Waals surface area contributed by atoms with Crippen molar-refractivity contribution in [1.29, 1.82) is 0 Å². The third kappa shape index (κ3) is 5.77. The van der Waals surface area contributed by atoms with Crippen molar-refractivity contribution in [1.82, 2.24) is 9.13 Å². The van der Waals surface area contributed by atoms with Crippen molar-refractivity contribution in [3.8, 4) is 11.1 Å². The smallest absolute Gasteiger partial charge is 0.336 e. The van der Waals surface area contributed by atoms with Crippen molar-refractivity contribution in [3.05, 3.63) is 81.5 Å². The van der Waals surface area contributed by atoms with Gasteiger partial charge in [-0.15, -0.1) is 0 Å². The molecule has 186 valence electrons. The van der Waals surface area contributed by atoms with Crippen molar-refractivity contribution in [2.75, 3.05) is 0 Å². The molecule has 0 radical (unpaired) electrons. The van der Waals surface area contributed by atoms with Crippen LogP contribution in [-0.2, 0) is 19.5 Å². The van der Waals surface area contributed by atoms with Crippen LogP contribution in [0.1, 0.15) is 79.7 Å². The summed E-state index contributed by atoms with van der Waals surface area (Å²) in [4.78, 5) is 25.2. The first-order valence-corrected chi connectivity index (χ1v) is 13.1. The van der Waals surface area contributed by atoms with E-state index in [2.05, 4.69) is 20.8 Å². The van der Waals surface area contributed by atoms with Crippen LogP contribution < -0.4 is 5.69 Å². The molecule has 0 aliphatic heterocycles. The van der Waals surface area contributed by atoms with Gasteiger partial charge in [0, 0.05) is 17.9 Å². The van der Waals surface area contributed by atoms with Gasteiger partial charge >= 0.3 is 11.7 Å². The van der Waals surface area contributed by atoms with Crippen molar-refractivity contribution in [2.45, 2.75) is 78.8 Å². The number of rotatable bonds is 9. The summed E-state index contributed by atoms with van der Waals surface area (Å²) in [5.41, 5.74) is 5.29. The number of aromatic nitrogens is 2. The molecule has 2 aromatic carbocycles. The zero-order valence-electron chi connectivity index (χ0n) is 21.3. The fourth-order valence-corrected chi connectivity index (χ4v) is 5.40. The maximum Gasteiger partial charge on any atom is 0.336 e. The number of carboxylic acid groups (broad SMARTS) is 1. The summed E-state index contributed by atoms with van der Waals surface area (Å²) in [6.07, 6.45) is 8.26. The van der Waals surface area contributed by atoms with E-state index in [1.165, 1.54) is 32.1 Å². The standard InChI is InChI=1S/C30H38N2O3/c1-21(2)13-18-28-22(3)31(19-23-9-5-4-6-10-23)30(35)32(28)20-24-14-16-25(17-15-24)26-11-7-8-12-27(26)29(33)34/h7-8,11-12,14-17,21,23H,4-6,9-10,13,18-20H2,1-3H3,(H,33,34). The molecule has 35 heavy (non-hydrogen) atoms. The average Bonchev–Trinajstić information content (AvgIpc) is 3.07. The molecule has 1 fully saturated rings. The summed E-state index contributed by atoms with van der Waals surface area (Å²) < 4.78 is 4.00. The van der Waals surface area contributed by atoms with Crippen LogP contribution in [-0.4, -0.2) is 20.2 Å². The maximum absolute atomic E-state index is 13.6. The summed E-state index contributed by atoms with van der Waals surface area (Å²) in [5.74, 6) is 0.247. The third-order valence-corrected chi connectivity index (χ3v) is 7.50. The van der Waals surface area contributed by atoms with E-state index in [0.717, 1.165) is 41.9 Å². The number of imidazole rings is 1. The first-order valence-electron chi connectivity index (χ1n) is 13.1. The molecular formula is C30H38N2O3. The predicted octanol–water partition coefficient (Wildman–Crippen LogP) is 6.54. The Kier molecular flexibility index (Phi) is 7.94. The van der Waals surface area contributed by atoms with Crippen LogP contribution >= 0.6 is 0 Å². The minimum Gasteiger partial charge on any atom is -0.478 e. The molecule has 0 saturated heterocycles. The van der Waals surface area contributed by atoms with Gasteiger partial charge in [0.05, 0.1) is 12.1 Å². The molecule has 0 amide bonds. The molecule has 1 N–H and O–H groups in total. The lowest BCUT2D eigenvalue weighted by Crippen LogP contribution is -2.28. The first-order chi connectivity index (χ1) is 16.8. The molecule has 0 bridgehead atoms. The van der Waals surface area contributed by atoms with Crippen molar-refractivity contribution >= 4 is 5.97 Å². The van der Waals surface area contributed by atoms with Crippen LogP contribution in [0.2, 0.25) is 0 Å². The van der Waals surface area contributed by atoms with Crippen LogP contribution in [0.15, 0.2) is 53.3 Å². The highest BCUT2D eigenvalue weighted by molar-refractivity contribution is 5.95. The molecule has 5 nitrogen and oxygen atoms in total. The molecule has 1 heterocycles. The third-order valence-electron chi connectivity index (χ3n) is 7.50. The fraction of sp³-hybridized carbons (Fsp3) is 0.467. The summed E-state index contributed by atoms with van der Waals surface area (Å²) in [6.45, 7) is 7.93. The Morgan fingerprint density at radius 1 is 1.00 bits per heavy atom. The Hall–Kier alpha value is -3.08. The monoisotopic (exact) mass is 474 g/mol. The summed E-state index contributed by atoms with van der Waals surface area (Å²) >= 11 is 0. The summed E-state index contributed by atoms with van der Waals surface area (Å²) in [7, 11) is 0. The van der Waals surface area contributed by atoms with E-state index in [9.17, 15) is 14.7 Å². The van der Waals surface area contributed by atoms with E-state index in [4.69, 9.17) is 0 Å². The SMILES string of the molecule is Cc1c(CCC(C)C)n(Cc2ccc(-c3ccccc3C(=O)O)cc2)c(=O)n1CC1CCCCC1. The Labute approximate surface area is 208 Å². The van der Waals surface area contributed by atoms with E-state index >= 15 is 0 Å². The highest BCUT2D eigenvalue weighted by Gasteiger charge is 2.21. The molecule has 1 aliphatic carbocycles. The fourth-order valence-electron chi connectivity index (χ4n) is 5.40. The van der Waals surface area contributed by atoms with Gasteiger partial charge in [-0.05, 0) is 67.2 Å². The van der Waals surface area contributed by atoms with Gasteiger partial charge in [0.25, 0.3) is 0 Å². The zero-order chi connectivity index (χ0) is 24.9. The van der Waals surface area contributed by atoms with Crippen molar-refractivity contribution in [3.63, 3.8) is 0 Å². The second-order valence-electron chi connectivity index (χ2n) is 10.5. The lowest BCUT2D eigenvalue weighted by molar-refractivity contribution is 0.0697. The van der Waals surface area contributed by atoms with Gasteiger partial charge in [-0.3, -0.25) is 9.13 Å². The molecule has 1 saturated carbocycles. The largest absolute Gasteiger partial charge is 0.478 e. The topological polar surface area (TPSA) is 64.2 Å². The number of benzene rings is 2. The van der Waals surface area contributed by atoms with E-state index in [0.29, 0.717) is 29.5 Å². The Morgan fingerprint density at radius 3 is 2.34 bits per heavy atom. The molecule has 4 rings (SSSR count). The molecule has 1 aromatic heterocycles. The minimum absolute atomic E-state index is 0.104. The van der Waals surface area contributed by atoms with Gasteiger partial charge in [0.2, 0.25) is 0 Å². The maximum atomic E-state index is 13.6. The molecule has 0 spiro atoms. The van der Waals surface area contributed by atoms with Gasteiger partial charge in [0.1, 0.15) is 0 Å². The number of aromatic carboxylic acids is 1. The highest BCUT2D eigenvalue weighted by atomic mass is 16.4. The van der Waals surface area contributed by atoms with Gasteiger partial charge in [0.15, 0.2) is 0 Å². The Balaban J connectivity index is 1.63. The van der Waals surface area contributed by atoms with Crippen LogP contribution in [0.25, 0.3) is 11.1 Å². The summed E-state index contributed by atoms with van der Waals surface area (Å²) in [5, 5.41) is 9.53. The van der Waals surface area contributed by atoms with Gasteiger partial charge in [-0.1, -0.05) is 75.6 Å². The van der Waals surface area contributed by atoms with Gasteiger partial charge in [-0.2, -0.15) is 0 Å². The number of carboxylic acids is 1. The molecule has 0 unspecified atom stereocenters. The number of nitrogens with zero attached hydrogens (tertiary/aromatic N) is 2. The van der Waals surface area contributed by atoms with E-state index < -0.39 is 5.97 Å². The van der Waals surface area contributed by atoms with Crippen LogP contribution in [0, 0.1) is 18.8 Å². The Bertz CT molecular complexity index is 1210. The molecule has 1 aliphatic rings. The summed E-state index contributed by atoms with van der Waals surface area (Å²) in [6, 6.07) is 15.0. The van der Waals surface area contributed by atoms with E-state index in [1.54, 1.807) is 12.1 Å². The lowest BCUT2D eigenvalue weighted by atomic mass is 9.89. The second kappa shape index (κ2) is 11.1. The van der Waals surface area contributed by atoms with E-state index in [-0.39, 0.29) is 5.69 Å².